The lowest BCUT2D eigenvalue weighted by Crippen LogP contribution is -2.31. The Kier molecular flexibility index (Phi) is 3.26. The predicted octanol–water partition coefficient (Wildman–Crippen LogP) is -0.0799. The number of amides is 1. The molecule has 1 heterocycles. The summed E-state index contributed by atoms with van der Waals surface area (Å²) in [5, 5.41) is 8.38. The first-order valence-corrected chi connectivity index (χ1v) is 4.47. The fourth-order valence-electron chi connectivity index (χ4n) is 1.73. The Balaban J connectivity index is 2.33. The predicted molar refractivity (Wildman–Crippen MR) is 48.9 cm³/mol. The zero-order valence-corrected chi connectivity index (χ0v) is 8.16. The lowest BCUT2D eigenvalue weighted by Gasteiger charge is -2.17. The van der Waals surface area contributed by atoms with Crippen LogP contribution >= 0.6 is 0 Å². The summed E-state index contributed by atoms with van der Waals surface area (Å²) in [7, 11) is 3.76. The van der Waals surface area contributed by atoms with Gasteiger partial charge in [-0.3, -0.25) is 4.79 Å². The minimum Gasteiger partial charge on any atom is -0.333 e. The smallest absolute Gasteiger partial charge is 0.324 e. The van der Waals surface area contributed by atoms with Crippen molar-refractivity contribution in [3.8, 4) is 6.07 Å². The number of nitriles is 1. The highest BCUT2D eigenvalue weighted by Crippen LogP contribution is 2.14. The summed E-state index contributed by atoms with van der Waals surface area (Å²) >= 11 is 0. The Labute approximate surface area is 78.7 Å². The summed E-state index contributed by atoms with van der Waals surface area (Å²) < 4.78 is 0. The van der Waals surface area contributed by atoms with Gasteiger partial charge in [-0.2, -0.15) is 5.26 Å². The van der Waals surface area contributed by atoms with E-state index in [1.807, 2.05) is 0 Å². The van der Waals surface area contributed by atoms with Gasteiger partial charge in [-0.1, -0.05) is 0 Å². The number of carbonyl (C=O) groups is 1. The molecule has 0 aromatic carbocycles. The Hall–Kier alpha value is -1.08. The van der Waals surface area contributed by atoms with Gasteiger partial charge >= 0.3 is 5.91 Å². The van der Waals surface area contributed by atoms with E-state index in [0.29, 0.717) is 12.5 Å². The molecule has 1 amide bonds. The van der Waals surface area contributed by atoms with Crippen LogP contribution in [0.5, 0.6) is 0 Å². The lowest BCUT2D eigenvalue weighted by molar-refractivity contribution is -0.124. The molecule has 1 unspecified atom stereocenters. The first kappa shape index (κ1) is 10.0. The van der Waals surface area contributed by atoms with E-state index in [1.54, 1.807) is 13.1 Å². The van der Waals surface area contributed by atoms with Crippen LogP contribution < -0.4 is 0 Å². The molecule has 72 valence electrons. The highest BCUT2D eigenvalue weighted by atomic mass is 16.2. The third-order valence-electron chi connectivity index (χ3n) is 2.46. The second-order valence-corrected chi connectivity index (χ2v) is 3.71. The molecule has 1 atom stereocenters. The van der Waals surface area contributed by atoms with Gasteiger partial charge in [0.15, 0.2) is 6.07 Å². The second-order valence-electron chi connectivity index (χ2n) is 3.71. The standard InChI is InChI=1S/C9H15N3O/c1-11-4-3-8(6-11)7-12(2)9(13)5-10/h8H,3-4,6-7H2,1-2H3. The van der Waals surface area contributed by atoms with Gasteiger partial charge in [-0.15, -0.1) is 0 Å². The van der Waals surface area contributed by atoms with Crippen LogP contribution in [0.4, 0.5) is 0 Å². The molecule has 4 heteroatoms. The van der Waals surface area contributed by atoms with Crippen molar-refractivity contribution in [2.75, 3.05) is 33.7 Å². The quantitative estimate of drug-likeness (QED) is 0.560. The molecule has 1 saturated heterocycles. The largest absolute Gasteiger partial charge is 0.333 e. The maximum absolute atomic E-state index is 10.9. The summed E-state index contributed by atoms with van der Waals surface area (Å²) in [4.78, 5) is 14.7. The van der Waals surface area contributed by atoms with Gasteiger partial charge in [0.05, 0.1) is 0 Å². The second kappa shape index (κ2) is 4.24. The zero-order chi connectivity index (χ0) is 9.84. The van der Waals surface area contributed by atoms with E-state index in [2.05, 4.69) is 11.9 Å². The van der Waals surface area contributed by atoms with E-state index < -0.39 is 5.91 Å². The Morgan fingerprint density at radius 2 is 2.46 bits per heavy atom. The van der Waals surface area contributed by atoms with Crippen LogP contribution in [-0.4, -0.2) is 49.4 Å². The molecule has 0 aromatic rings. The van der Waals surface area contributed by atoms with Crippen molar-refractivity contribution in [1.29, 1.82) is 5.26 Å². The molecule has 0 bridgehead atoms. The monoisotopic (exact) mass is 181 g/mol. The van der Waals surface area contributed by atoms with Crippen LogP contribution in [-0.2, 0) is 4.79 Å². The van der Waals surface area contributed by atoms with Crippen molar-refractivity contribution in [1.82, 2.24) is 9.80 Å². The molecule has 1 fully saturated rings. The molecule has 0 saturated carbocycles. The van der Waals surface area contributed by atoms with Crippen LogP contribution in [0, 0.1) is 17.2 Å². The fraction of sp³-hybridized carbons (Fsp3) is 0.778. The fourth-order valence-corrected chi connectivity index (χ4v) is 1.73. The first-order chi connectivity index (χ1) is 6.13. The average Bonchev–Trinajstić information content (AvgIpc) is 2.49. The number of likely N-dealkylation sites (tertiary alicyclic amines) is 1. The summed E-state index contributed by atoms with van der Waals surface area (Å²) in [6.45, 7) is 2.83. The van der Waals surface area contributed by atoms with E-state index in [4.69, 9.17) is 5.26 Å². The first-order valence-electron chi connectivity index (χ1n) is 4.47. The molecule has 1 rings (SSSR count). The summed E-state index contributed by atoms with van der Waals surface area (Å²) in [6.07, 6.45) is 1.12. The number of carbonyl (C=O) groups excluding carboxylic acids is 1. The van der Waals surface area contributed by atoms with E-state index >= 15 is 0 Å². The van der Waals surface area contributed by atoms with Crippen molar-refractivity contribution < 1.29 is 4.79 Å². The number of rotatable bonds is 2. The van der Waals surface area contributed by atoms with Crippen molar-refractivity contribution in [3.05, 3.63) is 0 Å². The molecule has 4 nitrogen and oxygen atoms in total. The van der Waals surface area contributed by atoms with Gasteiger partial charge in [0, 0.05) is 20.1 Å². The SMILES string of the molecule is CN1CCC(CN(C)C(=O)C#N)C1. The van der Waals surface area contributed by atoms with Crippen LogP contribution in [0.25, 0.3) is 0 Å². The normalized spacial score (nSPS) is 22.7. The topological polar surface area (TPSA) is 47.3 Å². The highest BCUT2D eigenvalue weighted by Gasteiger charge is 2.22. The van der Waals surface area contributed by atoms with Gasteiger partial charge in [0.1, 0.15) is 0 Å². The van der Waals surface area contributed by atoms with Crippen molar-refractivity contribution in [2.45, 2.75) is 6.42 Å². The van der Waals surface area contributed by atoms with Crippen LogP contribution in [0.2, 0.25) is 0 Å². The Morgan fingerprint density at radius 1 is 1.77 bits per heavy atom. The molecule has 0 radical (unpaired) electrons. The number of hydrogen-bond donors (Lipinski definition) is 0. The molecule has 0 N–H and O–H groups in total. The van der Waals surface area contributed by atoms with Gasteiger partial charge in [-0.05, 0) is 25.9 Å². The molecule has 0 spiro atoms. The minimum atomic E-state index is -0.436. The Morgan fingerprint density at radius 3 is 2.92 bits per heavy atom. The van der Waals surface area contributed by atoms with E-state index in [1.165, 1.54) is 4.90 Å². The van der Waals surface area contributed by atoms with Crippen LogP contribution in [0.3, 0.4) is 0 Å². The van der Waals surface area contributed by atoms with E-state index in [0.717, 1.165) is 19.5 Å². The van der Waals surface area contributed by atoms with Crippen LogP contribution in [0.15, 0.2) is 0 Å². The van der Waals surface area contributed by atoms with Gasteiger partial charge < -0.3 is 9.80 Å². The van der Waals surface area contributed by atoms with E-state index in [-0.39, 0.29) is 0 Å². The van der Waals surface area contributed by atoms with Crippen molar-refractivity contribution >= 4 is 5.91 Å². The van der Waals surface area contributed by atoms with Gasteiger partial charge in [0.2, 0.25) is 0 Å². The summed E-state index contributed by atoms with van der Waals surface area (Å²) in [5.41, 5.74) is 0. The molecule has 13 heavy (non-hydrogen) atoms. The molecule has 0 aliphatic carbocycles. The van der Waals surface area contributed by atoms with Gasteiger partial charge in [-0.25, -0.2) is 0 Å². The summed E-state index contributed by atoms with van der Waals surface area (Å²) in [6, 6.07) is 1.62. The van der Waals surface area contributed by atoms with Crippen molar-refractivity contribution in [3.63, 3.8) is 0 Å². The lowest BCUT2D eigenvalue weighted by atomic mass is 10.1. The van der Waals surface area contributed by atoms with E-state index in [9.17, 15) is 4.79 Å². The zero-order valence-electron chi connectivity index (χ0n) is 8.16. The molecule has 1 aliphatic rings. The molecule has 1 aliphatic heterocycles. The van der Waals surface area contributed by atoms with Crippen molar-refractivity contribution in [2.24, 2.45) is 5.92 Å². The summed E-state index contributed by atoms with van der Waals surface area (Å²) in [5.74, 6) is 0.0989. The Bertz CT molecular complexity index is 234. The average molecular weight is 181 g/mol. The van der Waals surface area contributed by atoms with Crippen LogP contribution in [0.1, 0.15) is 6.42 Å². The number of hydrogen-bond acceptors (Lipinski definition) is 3. The molecule has 0 aromatic heterocycles. The minimum absolute atomic E-state index is 0.436. The number of nitrogens with zero attached hydrogens (tertiary/aromatic N) is 3. The third kappa shape index (κ3) is 2.71. The maximum atomic E-state index is 10.9. The third-order valence-corrected chi connectivity index (χ3v) is 2.46. The maximum Gasteiger partial charge on any atom is 0.324 e. The van der Waals surface area contributed by atoms with Gasteiger partial charge in [0.25, 0.3) is 0 Å². The molecular weight excluding hydrogens is 166 g/mol. The molecular formula is C9H15N3O. The highest BCUT2D eigenvalue weighted by molar-refractivity contribution is 5.90.